The van der Waals surface area contributed by atoms with E-state index in [9.17, 15) is 19.8 Å². The van der Waals surface area contributed by atoms with Crippen LogP contribution >= 0.6 is 11.8 Å². The van der Waals surface area contributed by atoms with E-state index in [2.05, 4.69) is 0 Å². The molecule has 30 heavy (non-hydrogen) atoms. The molecule has 0 aliphatic heterocycles. The molecule has 1 heterocycles. The van der Waals surface area contributed by atoms with Crippen molar-refractivity contribution in [3.05, 3.63) is 87.5 Å². The predicted octanol–water partition coefficient (Wildman–Crippen LogP) is 4.35. The van der Waals surface area contributed by atoms with Crippen LogP contribution in [0, 0.1) is 6.92 Å². The van der Waals surface area contributed by atoms with E-state index in [1.54, 1.807) is 12.1 Å². The summed E-state index contributed by atoms with van der Waals surface area (Å²) in [7, 11) is 1.26. The van der Waals surface area contributed by atoms with Crippen LogP contribution in [0.15, 0.2) is 68.7 Å². The topological polar surface area (TPSA) is 97.0 Å². The van der Waals surface area contributed by atoms with E-state index in [4.69, 9.17) is 9.15 Å². The van der Waals surface area contributed by atoms with Gasteiger partial charge in [-0.2, -0.15) is 0 Å². The molecule has 7 heteroatoms. The summed E-state index contributed by atoms with van der Waals surface area (Å²) in [4.78, 5) is 25.4. The lowest BCUT2D eigenvalue weighted by Crippen LogP contribution is -2.14. The monoisotopic (exact) mass is 426 g/mol. The quantitative estimate of drug-likeness (QED) is 0.428. The SMILES string of the molecule is COC(=O)CC(c1cccc(O)c1)c1oc(CSc2ccc(C)cc2)cc(=O)c1O. The number of benzene rings is 2. The summed E-state index contributed by atoms with van der Waals surface area (Å²) in [6, 6.07) is 15.4. The maximum atomic E-state index is 12.4. The summed E-state index contributed by atoms with van der Waals surface area (Å²) in [5.41, 5.74) is 1.07. The molecule has 1 unspecified atom stereocenters. The van der Waals surface area contributed by atoms with Gasteiger partial charge in [-0.15, -0.1) is 11.8 Å². The van der Waals surface area contributed by atoms with Crippen molar-refractivity contribution in [2.45, 2.75) is 29.9 Å². The van der Waals surface area contributed by atoms with Gasteiger partial charge in [0.15, 0.2) is 5.76 Å². The first-order chi connectivity index (χ1) is 14.4. The van der Waals surface area contributed by atoms with Crippen molar-refractivity contribution in [3.63, 3.8) is 0 Å². The highest BCUT2D eigenvalue weighted by Crippen LogP contribution is 2.35. The lowest BCUT2D eigenvalue weighted by atomic mass is 9.92. The Balaban J connectivity index is 1.96. The van der Waals surface area contributed by atoms with Gasteiger partial charge in [-0.3, -0.25) is 9.59 Å². The molecule has 6 nitrogen and oxygen atoms in total. The fourth-order valence-corrected chi connectivity index (χ4v) is 3.78. The van der Waals surface area contributed by atoms with E-state index in [1.165, 1.54) is 37.1 Å². The molecular weight excluding hydrogens is 404 g/mol. The highest BCUT2D eigenvalue weighted by atomic mass is 32.2. The molecule has 3 aromatic rings. The van der Waals surface area contributed by atoms with Crippen molar-refractivity contribution >= 4 is 17.7 Å². The second-order valence-electron chi connectivity index (χ2n) is 6.82. The lowest BCUT2D eigenvalue weighted by Gasteiger charge is -2.17. The number of aromatic hydroxyl groups is 2. The highest BCUT2D eigenvalue weighted by Gasteiger charge is 2.26. The molecule has 0 saturated heterocycles. The van der Waals surface area contributed by atoms with Crippen LogP contribution in [0.4, 0.5) is 0 Å². The molecule has 0 fully saturated rings. The van der Waals surface area contributed by atoms with E-state index in [1.807, 2.05) is 31.2 Å². The normalized spacial score (nSPS) is 11.8. The number of rotatable bonds is 7. The first-order valence-electron chi connectivity index (χ1n) is 9.28. The molecule has 0 aliphatic rings. The number of thioether (sulfide) groups is 1. The molecule has 0 bridgehead atoms. The fourth-order valence-electron chi connectivity index (χ4n) is 3.00. The van der Waals surface area contributed by atoms with Crippen LogP contribution in [-0.4, -0.2) is 23.3 Å². The molecule has 0 amide bonds. The van der Waals surface area contributed by atoms with E-state index in [0.29, 0.717) is 17.1 Å². The van der Waals surface area contributed by atoms with Gasteiger partial charge in [0.05, 0.1) is 25.2 Å². The Kier molecular flexibility index (Phi) is 6.84. The number of carbonyl (C=O) groups is 1. The zero-order valence-corrected chi connectivity index (χ0v) is 17.4. The predicted molar refractivity (Wildman–Crippen MR) is 114 cm³/mol. The largest absolute Gasteiger partial charge is 0.508 e. The van der Waals surface area contributed by atoms with Crippen molar-refractivity contribution in [3.8, 4) is 11.5 Å². The summed E-state index contributed by atoms with van der Waals surface area (Å²) in [5.74, 6) is -1.18. The smallest absolute Gasteiger partial charge is 0.306 e. The van der Waals surface area contributed by atoms with Gasteiger partial charge in [-0.1, -0.05) is 29.8 Å². The number of phenols is 1. The summed E-state index contributed by atoms with van der Waals surface area (Å²) < 4.78 is 10.6. The highest BCUT2D eigenvalue weighted by molar-refractivity contribution is 7.98. The van der Waals surface area contributed by atoms with E-state index < -0.39 is 23.1 Å². The third-order valence-electron chi connectivity index (χ3n) is 4.59. The van der Waals surface area contributed by atoms with Gasteiger partial charge in [0, 0.05) is 11.0 Å². The first kappa shape index (κ1) is 21.5. The third kappa shape index (κ3) is 5.24. The zero-order chi connectivity index (χ0) is 21.7. The summed E-state index contributed by atoms with van der Waals surface area (Å²) in [5, 5.41) is 20.2. The lowest BCUT2D eigenvalue weighted by molar-refractivity contribution is -0.140. The Bertz CT molecular complexity index is 1090. The molecule has 0 spiro atoms. The molecule has 0 radical (unpaired) electrons. The maximum absolute atomic E-state index is 12.4. The van der Waals surface area contributed by atoms with Gasteiger partial charge in [-0.05, 0) is 36.8 Å². The van der Waals surface area contributed by atoms with Gasteiger partial charge in [0.1, 0.15) is 11.5 Å². The average Bonchev–Trinajstić information content (AvgIpc) is 2.74. The Labute approximate surface area is 178 Å². The van der Waals surface area contributed by atoms with Crippen LogP contribution in [0.25, 0.3) is 0 Å². The number of hydrogen-bond acceptors (Lipinski definition) is 7. The standard InChI is InChI=1S/C23H22O6S/c1-14-6-8-18(9-7-14)30-13-17-11-20(25)22(27)23(29-17)19(12-21(26)28-2)15-4-3-5-16(24)10-15/h3-11,19,24,27H,12-13H2,1-2H3. The number of ether oxygens (including phenoxy) is 1. The van der Waals surface area contributed by atoms with Crippen LogP contribution in [0.2, 0.25) is 0 Å². The van der Waals surface area contributed by atoms with Crippen LogP contribution in [0.1, 0.15) is 35.0 Å². The van der Waals surface area contributed by atoms with Gasteiger partial charge in [0.25, 0.3) is 0 Å². The molecule has 0 aliphatic carbocycles. The van der Waals surface area contributed by atoms with Crippen molar-refractivity contribution in [1.82, 2.24) is 0 Å². The number of methoxy groups -OCH3 is 1. The minimum absolute atomic E-state index is 0.00437. The molecule has 0 saturated carbocycles. The van der Waals surface area contributed by atoms with Gasteiger partial charge >= 0.3 is 5.97 Å². The van der Waals surface area contributed by atoms with Crippen molar-refractivity contribution in [2.24, 2.45) is 0 Å². The second kappa shape index (κ2) is 9.54. The van der Waals surface area contributed by atoms with E-state index in [-0.39, 0.29) is 17.9 Å². The van der Waals surface area contributed by atoms with E-state index in [0.717, 1.165) is 10.5 Å². The second-order valence-corrected chi connectivity index (χ2v) is 7.87. The first-order valence-corrected chi connectivity index (χ1v) is 10.3. The summed E-state index contributed by atoms with van der Waals surface area (Å²) >= 11 is 1.49. The molecule has 1 atom stereocenters. The van der Waals surface area contributed by atoms with Crippen LogP contribution < -0.4 is 5.43 Å². The number of phenolic OH excluding ortho intramolecular Hbond substituents is 1. The Morgan fingerprint density at radius 2 is 1.87 bits per heavy atom. The van der Waals surface area contributed by atoms with Gasteiger partial charge < -0.3 is 19.4 Å². The molecule has 156 valence electrons. The third-order valence-corrected chi connectivity index (χ3v) is 5.62. The van der Waals surface area contributed by atoms with Gasteiger partial charge in [-0.25, -0.2) is 0 Å². The van der Waals surface area contributed by atoms with Crippen LogP contribution in [-0.2, 0) is 15.3 Å². The van der Waals surface area contributed by atoms with Gasteiger partial charge in [0.2, 0.25) is 11.2 Å². The number of esters is 1. The minimum atomic E-state index is -0.790. The molecule has 3 rings (SSSR count). The molecular formula is C23H22O6S. The molecule has 2 aromatic carbocycles. The van der Waals surface area contributed by atoms with E-state index >= 15 is 0 Å². The van der Waals surface area contributed by atoms with Crippen molar-refractivity contribution in [2.75, 3.05) is 7.11 Å². The average molecular weight is 426 g/mol. The number of carbonyl (C=O) groups excluding carboxylic acids is 1. The number of aryl methyl sites for hydroxylation is 1. The molecule has 1 aromatic heterocycles. The van der Waals surface area contributed by atoms with Crippen molar-refractivity contribution < 1.29 is 24.2 Å². The Morgan fingerprint density at radius 3 is 2.53 bits per heavy atom. The minimum Gasteiger partial charge on any atom is -0.508 e. The number of hydrogen-bond donors (Lipinski definition) is 2. The molecule has 2 N–H and O–H groups in total. The van der Waals surface area contributed by atoms with Crippen molar-refractivity contribution in [1.29, 1.82) is 0 Å². The summed E-state index contributed by atoms with van der Waals surface area (Å²) in [6.07, 6.45) is -0.162. The fraction of sp³-hybridized carbons (Fsp3) is 0.217. The zero-order valence-electron chi connectivity index (χ0n) is 16.6. The Hall–Kier alpha value is -3.19. The maximum Gasteiger partial charge on any atom is 0.306 e. The summed E-state index contributed by atoms with van der Waals surface area (Å²) in [6.45, 7) is 2.00. The Morgan fingerprint density at radius 1 is 1.13 bits per heavy atom. The van der Waals surface area contributed by atoms with Crippen LogP contribution in [0.3, 0.4) is 0 Å². The van der Waals surface area contributed by atoms with Crippen LogP contribution in [0.5, 0.6) is 11.5 Å².